The van der Waals surface area contributed by atoms with E-state index < -0.39 is 17.6 Å². The molecule has 0 unspecified atom stereocenters. The summed E-state index contributed by atoms with van der Waals surface area (Å²) < 4.78 is 48.9. The van der Waals surface area contributed by atoms with Gasteiger partial charge in [-0.1, -0.05) is 13.0 Å². The molecular weight excluding hydrogens is 625 g/mol. The monoisotopic (exact) mass is 660 g/mol. The van der Waals surface area contributed by atoms with Crippen LogP contribution in [0.2, 0.25) is 0 Å². The molecule has 1 fully saturated rings. The molecule has 2 aromatic carbocycles. The molecule has 2 amide bonds. The Balaban J connectivity index is 1.37. The number of nitrogens with zero attached hydrogens (tertiary/aromatic N) is 4. The maximum Gasteiger partial charge on any atom is 0.418 e. The highest BCUT2D eigenvalue weighted by Crippen LogP contribution is 2.39. The van der Waals surface area contributed by atoms with Crippen LogP contribution in [-0.4, -0.2) is 59.2 Å². The number of piperidine rings is 1. The summed E-state index contributed by atoms with van der Waals surface area (Å²) in [4.78, 5) is 39.7. The van der Waals surface area contributed by atoms with Crippen LogP contribution in [0.5, 0.6) is 11.6 Å². The molecule has 4 N–H and O–H groups in total. The second-order valence-electron chi connectivity index (χ2n) is 11.2. The number of nitrogens with one attached hydrogen (secondary N) is 4. The molecule has 0 bridgehead atoms. The number of aromatic nitrogens is 3. The second kappa shape index (κ2) is 14.5. The summed E-state index contributed by atoms with van der Waals surface area (Å²) in [5.74, 6) is 0.281. The Bertz CT molecular complexity index is 1810. The summed E-state index contributed by atoms with van der Waals surface area (Å²) in [5, 5.41) is 16.4. The van der Waals surface area contributed by atoms with Crippen molar-refractivity contribution in [1.29, 1.82) is 5.41 Å². The van der Waals surface area contributed by atoms with E-state index in [4.69, 9.17) is 10.1 Å². The van der Waals surface area contributed by atoms with E-state index in [0.717, 1.165) is 12.3 Å². The Morgan fingerprint density at radius 2 is 1.79 bits per heavy atom. The molecule has 3 heterocycles. The van der Waals surface area contributed by atoms with Crippen LogP contribution in [0.4, 0.5) is 30.4 Å². The number of anilines is 3. The van der Waals surface area contributed by atoms with E-state index in [1.54, 1.807) is 56.4 Å². The number of amides is 2. The van der Waals surface area contributed by atoms with Gasteiger partial charge in [0.1, 0.15) is 11.6 Å². The van der Waals surface area contributed by atoms with Crippen LogP contribution in [0.25, 0.3) is 11.4 Å². The number of carbonyl (C=O) groups is 2. The molecule has 5 rings (SSSR count). The first-order valence-electron chi connectivity index (χ1n) is 15.4. The minimum Gasteiger partial charge on any atom is -0.438 e. The van der Waals surface area contributed by atoms with Gasteiger partial charge in [-0.05, 0) is 67.8 Å². The first-order chi connectivity index (χ1) is 23.0. The number of benzene rings is 2. The molecule has 250 valence electrons. The number of halogens is 3. The standard InChI is InChI=1S/C34H35F3N8O3/c1-4-29(46)41-23-11-15-45(16-12-23)27-8-7-24(18-26(27)34(35,36)37)42-32(47)22-6-5-20(2)28(17-22)48-33-25(19-38)31(39-3)43-30(44-33)21-9-13-40-14-10-21/h5-10,13-14,17-19,23,38H,4,11-12,15-16H2,1-3H3,(H,41,46)(H,42,47)(H,39,43,44). The predicted molar refractivity (Wildman–Crippen MR) is 177 cm³/mol. The number of alkyl halides is 3. The van der Waals surface area contributed by atoms with Gasteiger partial charge >= 0.3 is 6.18 Å². The summed E-state index contributed by atoms with van der Waals surface area (Å²) in [6, 6.07) is 11.8. The van der Waals surface area contributed by atoms with Crippen LogP contribution >= 0.6 is 0 Å². The number of aryl methyl sites for hydroxylation is 1. The SMILES string of the molecule is CCC(=O)NC1CCN(c2ccc(NC(=O)c3ccc(C)c(Oc4nc(-c5ccncc5)nc(NC)c4C=N)c3)cc2C(F)(F)F)CC1. The molecule has 1 saturated heterocycles. The molecule has 1 aliphatic rings. The number of ether oxygens (including phenoxy) is 1. The van der Waals surface area contributed by atoms with E-state index >= 15 is 0 Å². The maximum atomic E-state index is 14.2. The Hall–Kier alpha value is -5.53. The summed E-state index contributed by atoms with van der Waals surface area (Å²) in [6.45, 7) is 4.21. The molecule has 0 spiro atoms. The predicted octanol–water partition coefficient (Wildman–Crippen LogP) is 6.44. The van der Waals surface area contributed by atoms with Crippen molar-refractivity contribution in [2.75, 3.05) is 35.7 Å². The lowest BCUT2D eigenvalue weighted by atomic mass is 10.0. The van der Waals surface area contributed by atoms with Crippen molar-refractivity contribution >= 4 is 35.2 Å². The molecule has 11 nitrogen and oxygen atoms in total. The van der Waals surface area contributed by atoms with Crippen molar-refractivity contribution in [1.82, 2.24) is 20.3 Å². The van der Waals surface area contributed by atoms with Crippen molar-refractivity contribution in [2.24, 2.45) is 0 Å². The number of hydrogen-bond donors (Lipinski definition) is 4. The van der Waals surface area contributed by atoms with Crippen molar-refractivity contribution in [3.8, 4) is 23.0 Å². The van der Waals surface area contributed by atoms with Crippen molar-refractivity contribution in [2.45, 2.75) is 45.3 Å². The minimum absolute atomic E-state index is 0.0192. The quantitative estimate of drug-likeness (QED) is 0.142. The van der Waals surface area contributed by atoms with Crippen LogP contribution in [0.3, 0.4) is 0 Å². The van der Waals surface area contributed by atoms with Gasteiger partial charge in [-0.3, -0.25) is 14.6 Å². The lowest BCUT2D eigenvalue weighted by Crippen LogP contribution is -2.45. The molecule has 48 heavy (non-hydrogen) atoms. The average molecular weight is 661 g/mol. The van der Waals surface area contributed by atoms with E-state index in [1.807, 2.05) is 0 Å². The third kappa shape index (κ3) is 7.70. The highest BCUT2D eigenvalue weighted by molar-refractivity contribution is 6.04. The molecular formula is C34H35F3N8O3. The summed E-state index contributed by atoms with van der Waals surface area (Å²) in [6.07, 6.45) is 0.978. The Kier molecular flexibility index (Phi) is 10.2. The molecule has 0 radical (unpaired) electrons. The number of pyridine rings is 1. The fourth-order valence-electron chi connectivity index (χ4n) is 5.35. The van der Waals surface area contributed by atoms with Crippen molar-refractivity contribution in [3.63, 3.8) is 0 Å². The highest BCUT2D eigenvalue weighted by Gasteiger charge is 2.36. The van der Waals surface area contributed by atoms with Gasteiger partial charge in [-0.25, -0.2) is 4.98 Å². The van der Waals surface area contributed by atoms with Gasteiger partial charge in [0.15, 0.2) is 5.82 Å². The van der Waals surface area contributed by atoms with Crippen LogP contribution in [0.15, 0.2) is 60.9 Å². The summed E-state index contributed by atoms with van der Waals surface area (Å²) in [7, 11) is 1.65. The number of rotatable bonds is 10. The average Bonchev–Trinajstić information content (AvgIpc) is 3.09. The summed E-state index contributed by atoms with van der Waals surface area (Å²) in [5.41, 5.74) is 0.869. The normalized spacial score (nSPS) is 13.5. The first-order valence-corrected chi connectivity index (χ1v) is 15.4. The minimum atomic E-state index is -4.67. The lowest BCUT2D eigenvalue weighted by Gasteiger charge is -2.35. The smallest absolute Gasteiger partial charge is 0.418 e. The van der Waals surface area contributed by atoms with E-state index in [1.165, 1.54) is 24.3 Å². The summed E-state index contributed by atoms with van der Waals surface area (Å²) >= 11 is 0. The Morgan fingerprint density at radius 1 is 1.06 bits per heavy atom. The zero-order valence-electron chi connectivity index (χ0n) is 26.6. The third-order valence-corrected chi connectivity index (χ3v) is 7.97. The molecule has 4 aromatic rings. The number of hydrogen-bond acceptors (Lipinski definition) is 9. The second-order valence-corrected chi connectivity index (χ2v) is 11.2. The van der Waals surface area contributed by atoms with E-state index in [0.29, 0.717) is 55.1 Å². The van der Waals surface area contributed by atoms with Gasteiger partial charge in [-0.15, -0.1) is 0 Å². The third-order valence-electron chi connectivity index (χ3n) is 7.97. The fraction of sp³-hybridized carbons (Fsp3) is 0.294. The van der Waals surface area contributed by atoms with E-state index in [9.17, 15) is 22.8 Å². The van der Waals surface area contributed by atoms with Crippen LogP contribution in [0, 0.1) is 12.3 Å². The molecule has 14 heteroatoms. The molecule has 0 aliphatic carbocycles. The maximum absolute atomic E-state index is 14.2. The molecule has 2 aromatic heterocycles. The molecule has 0 saturated carbocycles. The fourth-order valence-corrected chi connectivity index (χ4v) is 5.35. The highest BCUT2D eigenvalue weighted by atomic mass is 19.4. The largest absolute Gasteiger partial charge is 0.438 e. The van der Waals surface area contributed by atoms with Crippen LogP contribution in [0.1, 0.15) is 53.2 Å². The first kappa shape index (κ1) is 33.8. The molecule has 1 aliphatic heterocycles. The van der Waals surface area contributed by atoms with Gasteiger partial charge in [0.25, 0.3) is 5.91 Å². The van der Waals surface area contributed by atoms with Crippen molar-refractivity contribution < 1.29 is 27.5 Å². The zero-order valence-corrected chi connectivity index (χ0v) is 26.6. The van der Waals surface area contributed by atoms with Gasteiger partial charge in [0, 0.05) is 73.7 Å². The van der Waals surface area contributed by atoms with Crippen LogP contribution < -0.4 is 25.6 Å². The van der Waals surface area contributed by atoms with Gasteiger partial charge in [0.05, 0.1) is 11.1 Å². The van der Waals surface area contributed by atoms with Crippen molar-refractivity contribution in [3.05, 3.63) is 83.2 Å². The Morgan fingerprint density at radius 3 is 2.44 bits per heavy atom. The lowest BCUT2D eigenvalue weighted by molar-refractivity contribution is -0.137. The van der Waals surface area contributed by atoms with Gasteiger partial charge < -0.3 is 31.0 Å². The van der Waals surface area contributed by atoms with Crippen LogP contribution in [-0.2, 0) is 11.0 Å². The van der Waals surface area contributed by atoms with E-state index in [2.05, 4.69) is 30.9 Å². The topological polar surface area (TPSA) is 145 Å². The van der Waals surface area contributed by atoms with E-state index in [-0.39, 0.29) is 46.1 Å². The molecule has 0 atom stereocenters. The van der Waals surface area contributed by atoms with Gasteiger partial charge in [-0.2, -0.15) is 18.2 Å². The Labute approximate surface area is 275 Å². The number of carbonyl (C=O) groups excluding carboxylic acids is 2. The zero-order chi connectivity index (χ0) is 34.4. The van der Waals surface area contributed by atoms with Gasteiger partial charge in [0.2, 0.25) is 11.8 Å².